The molecule has 290 valence electrons. The molecule has 64 heavy (non-hydrogen) atoms. The maximum atomic E-state index is 5.38. The molecule has 0 radical (unpaired) electrons. The zero-order valence-electron chi connectivity index (χ0n) is 40.3. The summed E-state index contributed by atoms with van der Waals surface area (Å²) in [6, 6.07) is 29.4. The highest BCUT2D eigenvalue weighted by atomic mass is 32.1. The van der Waals surface area contributed by atoms with Crippen molar-refractivity contribution in [3.8, 4) is 67.5 Å². The van der Waals surface area contributed by atoms with Crippen LogP contribution in [0.25, 0.3) is 87.7 Å². The van der Waals surface area contributed by atoms with Crippen molar-refractivity contribution in [2.75, 3.05) is 0 Å². The molecule has 2 heterocycles. The van der Waals surface area contributed by atoms with E-state index in [2.05, 4.69) is 197 Å². The van der Waals surface area contributed by atoms with Gasteiger partial charge in [0.2, 0.25) is 0 Å². The second-order valence-corrected chi connectivity index (χ2v) is 19.4. The van der Waals surface area contributed by atoms with Crippen LogP contribution in [0, 0.1) is 0 Å². The van der Waals surface area contributed by atoms with E-state index in [0.717, 1.165) is 22.3 Å². The van der Waals surface area contributed by atoms with E-state index < -0.39 is 0 Å². The molecule has 3 nitrogen and oxygen atoms in total. The largest absolute Gasteiger partial charge is 0.208 e. The Morgan fingerprint density at radius 3 is 1.16 bits per heavy atom. The van der Waals surface area contributed by atoms with Crippen LogP contribution in [-0.4, -0.2) is 133 Å². The molecule has 9 rings (SSSR count). The molecule has 0 bridgehead atoms. The Kier molecular flexibility index (Phi) is 11.4. The maximum Gasteiger partial charge on any atom is 0.164 e. The first-order valence-electron chi connectivity index (χ1n) is 22.6. The second-order valence-electron chi connectivity index (χ2n) is 18.4. The van der Waals surface area contributed by atoms with Crippen LogP contribution < -0.4 is 81.9 Å². The maximum absolute atomic E-state index is 5.38. The van der Waals surface area contributed by atoms with Gasteiger partial charge in [0.25, 0.3) is 0 Å². The fourth-order valence-electron chi connectivity index (χ4n) is 10.6. The quantitative estimate of drug-likeness (QED) is 0.157. The summed E-state index contributed by atoms with van der Waals surface area (Å²) in [4.78, 5) is 15.9. The summed E-state index contributed by atoms with van der Waals surface area (Å²) < 4.78 is 2.78. The van der Waals surface area contributed by atoms with Crippen LogP contribution in [0.1, 0.15) is 0 Å². The smallest absolute Gasteiger partial charge is 0.164 e. The van der Waals surface area contributed by atoms with Gasteiger partial charge >= 0.3 is 0 Å². The minimum absolute atomic E-state index is 0.663. The molecule has 0 amide bonds. The molecule has 0 N–H and O–H groups in total. The van der Waals surface area contributed by atoms with Crippen LogP contribution in [0.5, 0.6) is 0 Å². The van der Waals surface area contributed by atoms with E-state index in [4.69, 9.17) is 15.0 Å². The van der Waals surface area contributed by atoms with Crippen molar-refractivity contribution in [2.45, 2.75) is 0 Å². The van der Waals surface area contributed by atoms with Gasteiger partial charge in [0.1, 0.15) is 118 Å². The molecule has 0 atom stereocenters. The summed E-state index contributed by atoms with van der Waals surface area (Å²) in [5.41, 5.74) is 30.7. The average molecular weight is 821 g/mol. The van der Waals surface area contributed by atoms with Gasteiger partial charge in [0.15, 0.2) is 17.5 Å². The van der Waals surface area contributed by atoms with E-state index in [1.165, 1.54) is 130 Å². The van der Waals surface area contributed by atoms with Crippen molar-refractivity contribution >= 4 is 231 Å². The highest BCUT2D eigenvalue weighted by molar-refractivity contribution is 7.28. The van der Waals surface area contributed by atoms with Gasteiger partial charge in [0.05, 0.1) is 0 Å². The molecule has 7 aromatic carbocycles. The molecule has 0 aliphatic carbocycles. The van der Waals surface area contributed by atoms with E-state index >= 15 is 0 Å². The third-order valence-corrected chi connectivity index (χ3v) is 16.7. The third kappa shape index (κ3) is 6.82. The van der Waals surface area contributed by atoms with E-state index in [0.29, 0.717) is 17.5 Å². The monoisotopic (exact) mass is 823 g/mol. The van der Waals surface area contributed by atoms with Gasteiger partial charge < -0.3 is 0 Å². The van der Waals surface area contributed by atoms with Crippen molar-refractivity contribution < 1.29 is 0 Å². The van der Waals surface area contributed by atoms with Crippen molar-refractivity contribution in [3.05, 3.63) is 84.9 Å². The predicted molar refractivity (Wildman–Crippen MR) is 328 cm³/mol. The predicted octanol–water partition coefficient (Wildman–Crippen LogP) is -13.9. The fraction of sp³-hybridized carbons (Fsp3) is 0. The zero-order chi connectivity index (χ0) is 45.6. The summed E-state index contributed by atoms with van der Waals surface area (Å²) in [6.45, 7) is 0. The van der Waals surface area contributed by atoms with Crippen molar-refractivity contribution in [1.82, 2.24) is 15.0 Å². The lowest BCUT2D eigenvalue weighted by atomic mass is 9.57. The number of fused-ring (bicyclic) bond motifs is 3. The summed E-state index contributed by atoms with van der Waals surface area (Å²) in [5.74, 6) is 2.03. The summed E-state index contributed by atoms with van der Waals surface area (Å²) >= 11 is 1.99. The second kappa shape index (κ2) is 16.6. The lowest BCUT2D eigenvalue weighted by molar-refractivity contribution is 1.08. The van der Waals surface area contributed by atoms with Crippen LogP contribution in [0.4, 0.5) is 0 Å². The average Bonchev–Trinajstić information content (AvgIpc) is 3.72. The molecule has 0 aliphatic heterocycles. The number of hydrogen-bond donors (Lipinski definition) is 0. The molecule has 0 unspecified atom stereocenters. The molecular formula is C45H44B15N3S. The minimum atomic E-state index is 0.663. The molecule has 9 aromatic rings. The zero-order valence-corrected chi connectivity index (χ0v) is 41.1. The van der Waals surface area contributed by atoms with Crippen LogP contribution in [0.3, 0.4) is 0 Å². The third-order valence-electron chi connectivity index (χ3n) is 15.3. The van der Waals surface area contributed by atoms with Crippen molar-refractivity contribution in [3.63, 3.8) is 0 Å². The van der Waals surface area contributed by atoms with E-state index in [1.54, 1.807) is 0 Å². The van der Waals surface area contributed by atoms with Crippen molar-refractivity contribution in [1.29, 1.82) is 0 Å². The number of aromatic nitrogens is 3. The van der Waals surface area contributed by atoms with Gasteiger partial charge in [-0.3, -0.25) is 0 Å². The number of rotatable bonds is 6. The number of nitrogens with zero attached hydrogens (tertiary/aromatic N) is 3. The van der Waals surface area contributed by atoms with Gasteiger partial charge in [-0.05, 0) is 38.8 Å². The van der Waals surface area contributed by atoms with Gasteiger partial charge in [-0.15, -0.1) is 44.1 Å². The Hall–Kier alpha value is -5.26. The minimum Gasteiger partial charge on any atom is -0.208 e. The molecule has 0 aliphatic rings. The van der Waals surface area contributed by atoms with Crippen LogP contribution >= 0.6 is 11.3 Å². The normalized spacial score (nSPS) is 11.4. The molecule has 0 saturated carbocycles. The molecule has 19 heteroatoms. The Morgan fingerprint density at radius 2 is 0.594 bits per heavy atom. The molecule has 2 aromatic heterocycles. The number of benzene rings is 7. The molecule has 0 fully saturated rings. The first kappa shape index (κ1) is 44.0. The number of thiophene rings is 1. The molecule has 0 saturated heterocycles. The highest BCUT2D eigenvalue weighted by Crippen LogP contribution is 2.38. The lowest BCUT2D eigenvalue weighted by Crippen LogP contribution is -2.55. The van der Waals surface area contributed by atoms with Crippen LogP contribution in [0.15, 0.2) is 84.9 Å². The standard InChI is InChI=1S/C45H44B15N3S/c46-26-19(21-28(48)35(55)38(58)36(56)29(21)49)20-24-31(51)37(57)39(59)40(60)42(24)64-41(20)33(53)23(26)22-27(47)25(32(52)34(54)30(22)50)45-62-43(17-9-5-2-6-10-17)61-44(63-45)18-13-11-16(12-14-18)15-7-3-1-4-8-15/h1-14H,46-60H2. The summed E-state index contributed by atoms with van der Waals surface area (Å²) in [5, 5.41) is 2.82. The SMILES string of the molecule is Bc1c(B)c(B)c(-c2c(B)c(-c3c(B)c(B)c(B)c(-c4nc(-c5ccccc5)nc(-c5ccc(-c6ccccc6)cc5)n4)c3B)c(B)c3sc4c(B)c(B)c(B)c(B)c4c23)c(B)c1B. The van der Waals surface area contributed by atoms with Gasteiger partial charge in [-0.2, -0.15) is 0 Å². The van der Waals surface area contributed by atoms with E-state index in [9.17, 15) is 0 Å². The summed E-state index contributed by atoms with van der Waals surface area (Å²) in [7, 11) is 34.8. The van der Waals surface area contributed by atoms with Crippen LogP contribution in [0.2, 0.25) is 0 Å². The van der Waals surface area contributed by atoms with Crippen LogP contribution in [-0.2, 0) is 0 Å². The molecule has 0 spiro atoms. The fourth-order valence-corrected chi connectivity index (χ4v) is 12.0. The first-order chi connectivity index (χ1) is 30.5. The Labute approximate surface area is 396 Å². The highest BCUT2D eigenvalue weighted by Gasteiger charge is 2.29. The topological polar surface area (TPSA) is 38.7 Å². The number of hydrogen-bond acceptors (Lipinski definition) is 4. The Balaban J connectivity index is 1.38. The Bertz CT molecular complexity index is 3410. The first-order valence-corrected chi connectivity index (χ1v) is 23.5. The Morgan fingerprint density at radius 1 is 0.250 bits per heavy atom. The lowest BCUT2D eigenvalue weighted by Gasteiger charge is -2.28. The van der Waals surface area contributed by atoms with E-state index in [1.807, 2.05) is 17.4 Å². The van der Waals surface area contributed by atoms with Gasteiger partial charge in [0, 0.05) is 31.5 Å². The van der Waals surface area contributed by atoms with Crippen molar-refractivity contribution in [2.24, 2.45) is 0 Å². The summed E-state index contributed by atoms with van der Waals surface area (Å²) in [6.07, 6.45) is 0. The molecular weight excluding hydrogens is 777 g/mol. The van der Waals surface area contributed by atoms with Gasteiger partial charge in [-0.1, -0.05) is 134 Å². The van der Waals surface area contributed by atoms with Gasteiger partial charge in [-0.25, -0.2) is 15.0 Å². The van der Waals surface area contributed by atoms with E-state index in [-0.39, 0.29) is 0 Å².